The van der Waals surface area contributed by atoms with Crippen molar-refractivity contribution in [2.24, 2.45) is 0 Å². The summed E-state index contributed by atoms with van der Waals surface area (Å²) in [7, 11) is 0. The van der Waals surface area contributed by atoms with Gasteiger partial charge in [0.2, 0.25) is 0 Å². The molecule has 0 fully saturated rings. The Hall–Kier alpha value is -2.96. The number of pyridine rings is 1. The SMILES string of the molecule is O=C(COc1ccc([N+](=O)[O-])cc1)NCCc1ccccn1. The second-order valence-electron chi connectivity index (χ2n) is 4.46. The van der Waals surface area contributed by atoms with Crippen molar-refractivity contribution in [3.05, 3.63) is 64.5 Å². The van der Waals surface area contributed by atoms with Crippen molar-refractivity contribution in [1.82, 2.24) is 10.3 Å². The number of benzene rings is 1. The molecule has 0 aliphatic rings. The minimum Gasteiger partial charge on any atom is -0.484 e. The molecule has 0 aliphatic heterocycles. The normalized spacial score (nSPS) is 10.0. The highest BCUT2D eigenvalue weighted by molar-refractivity contribution is 5.77. The summed E-state index contributed by atoms with van der Waals surface area (Å²) in [5, 5.41) is 13.2. The number of ether oxygens (including phenoxy) is 1. The highest BCUT2D eigenvalue weighted by atomic mass is 16.6. The molecular formula is C15H15N3O4. The molecule has 1 amide bonds. The standard InChI is InChI=1S/C15H15N3O4/c19-15(17-10-8-12-3-1-2-9-16-12)11-22-14-6-4-13(5-7-14)18(20)21/h1-7,9H,8,10-11H2,(H,17,19). The summed E-state index contributed by atoms with van der Waals surface area (Å²) in [5.74, 6) is 0.153. The van der Waals surface area contributed by atoms with Gasteiger partial charge in [-0.3, -0.25) is 19.9 Å². The Morgan fingerprint density at radius 3 is 2.64 bits per heavy atom. The lowest BCUT2D eigenvalue weighted by Crippen LogP contribution is -2.30. The van der Waals surface area contributed by atoms with Gasteiger partial charge in [-0.05, 0) is 24.3 Å². The van der Waals surface area contributed by atoms with Crippen LogP contribution in [0.4, 0.5) is 5.69 Å². The molecule has 22 heavy (non-hydrogen) atoms. The van der Waals surface area contributed by atoms with Crippen molar-refractivity contribution in [2.75, 3.05) is 13.2 Å². The molecule has 0 atom stereocenters. The minimum absolute atomic E-state index is 0.0211. The van der Waals surface area contributed by atoms with Crippen LogP contribution in [0.5, 0.6) is 5.75 Å². The van der Waals surface area contributed by atoms with Gasteiger partial charge in [0.1, 0.15) is 5.75 Å². The number of nitrogens with zero attached hydrogens (tertiary/aromatic N) is 2. The van der Waals surface area contributed by atoms with Gasteiger partial charge in [-0.2, -0.15) is 0 Å². The van der Waals surface area contributed by atoms with Crippen LogP contribution in [0, 0.1) is 10.1 Å². The number of carbonyl (C=O) groups is 1. The van der Waals surface area contributed by atoms with E-state index < -0.39 is 4.92 Å². The number of rotatable bonds is 7. The lowest BCUT2D eigenvalue weighted by Gasteiger charge is -2.07. The second kappa shape index (κ2) is 7.72. The quantitative estimate of drug-likeness (QED) is 0.620. The van der Waals surface area contributed by atoms with E-state index in [0.29, 0.717) is 18.7 Å². The first kappa shape index (κ1) is 15.4. The Labute approximate surface area is 127 Å². The summed E-state index contributed by atoms with van der Waals surface area (Å²) in [6.07, 6.45) is 2.35. The van der Waals surface area contributed by atoms with E-state index in [2.05, 4.69) is 10.3 Å². The van der Waals surface area contributed by atoms with Gasteiger partial charge in [-0.15, -0.1) is 0 Å². The fraction of sp³-hybridized carbons (Fsp3) is 0.200. The second-order valence-corrected chi connectivity index (χ2v) is 4.46. The van der Waals surface area contributed by atoms with Crippen LogP contribution in [0.1, 0.15) is 5.69 Å². The number of aromatic nitrogens is 1. The van der Waals surface area contributed by atoms with Gasteiger partial charge >= 0.3 is 0 Å². The zero-order valence-electron chi connectivity index (χ0n) is 11.8. The van der Waals surface area contributed by atoms with Crippen LogP contribution in [0.2, 0.25) is 0 Å². The maximum absolute atomic E-state index is 11.6. The Balaban J connectivity index is 1.70. The third-order valence-electron chi connectivity index (χ3n) is 2.85. The molecule has 0 saturated carbocycles. The van der Waals surface area contributed by atoms with E-state index in [1.165, 1.54) is 24.3 Å². The number of hydrogen-bond donors (Lipinski definition) is 1. The number of nitro groups is 1. The molecule has 0 spiro atoms. The molecule has 2 rings (SSSR count). The van der Waals surface area contributed by atoms with Gasteiger partial charge in [0, 0.05) is 37.0 Å². The molecule has 0 radical (unpaired) electrons. The summed E-state index contributed by atoms with van der Waals surface area (Å²) in [4.78, 5) is 25.8. The van der Waals surface area contributed by atoms with Crippen LogP contribution >= 0.6 is 0 Å². The zero-order chi connectivity index (χ0) is 15.8. The predicted molar refractivity (Wildman–Crippen MR) is 79.5 cm³/mol. The Morgan fingerprint density at radius 2 is 2.00 bits per heavy atom. The van der Waals surface area contributed by atoms with Crippen molar-refractivity contribution in [1.29, 1.82) is 0 Å². The van der Waals surface area contributed by atoms with E-state index in [1.54, 1.807) is 6.20 Å². The molecule has 1 heterocycles. The zero-order valence-corrected chi connectivity index (χ0v) is 11.8. The van der Waals surface area contributed by atoms with Crippen LogP contribution in [-0.4, -0.2) is 29.0 Å². The van der Waals surface area contributed by atoms with E-state index >= 15 is 0 Å². The summed E-state index contributed by atoms with van der Waals surface area (Å²) in [6, 6.07) is 11.2. The molecule has 7 nitrogen and oxygen atoms in total. The number of nitro benzene ring substituents is 1. The van der Waals surface area contributed by atoms with Crippen LogP contribution in [0.3, 0.4) is 0 Å². The van der Waals surface area contributed by atoms with Gasteiger partial charge in [0.25, 0.3) is 11.6 Å². The van der Waals surface area contributed by atoms with Crippen LogP contribution in [0.15, 0.2) is 48.7 Å². The largest absolute Gasteiger partial charge is 0.484 e. The molecule has 0 aliphatic carbocycles. The van der Waals surface area contributed by atoms with E-state index in [-0.39, 0.29) is 18.2 Å². The third kappa shape index (κ3) is 4.86. The van der Waals surface area contributed by atoms with E-state index in [4.69, 9.17) is 4.74 Å². The molecule has 1 aromatic heterocycles. The number of carbonyl (C=O) groups excluding carboxylic acids is 1. The molecule has 0 bridgehead atoms. The van der Waals surface area contributed by atoms with Crippen molar-refractivity contribution in [3.63, 3.8) is 0 Å². The number of amides is 1. The van der Waals surface area contributed by atoms with E-state index in [9.17, 15) is 14.9 Å². The summed E-state index contributed by atoms with van der Waals surface area (Å²) in [5.41, 5.74) is 0.881. The predicted octanol–water partition coefficient (Wildman–Crippen LogP) is 1.73. The van der Waals surface area contributed by atoms with Gasteiger partial charge in [-0.1, -0.05) is 6.07 Å². The number of nitrogens with one attached hydrogen (secondary N) is 1. The molecule has 1 N–H and O–H groups in total. The van der Waals surface area contributed by atoms with Crippen molar-refractivity contribution >= 4 is 11.6 Å². The van der Waals surface area contributed by atoms with Crippen molar-refractivity contribution in [3.8, 4) is 5.75 Å². The van der Waals surface area contributed by atoms with Crippen molar-refractivity contribution < 1.29 is 14.5 Å². The molecule has 2 aromatic rings. The summed E-state index contributed by atoms with van der Waals surface area (Å²) < 4.78 is 5.26. The fourth-order valence-electron chi connectivity index (χ4n) is 1.74. The summed E-state index contributed by atoms with van der Waals surface area (Å²) >= 11 is 0. The average molecular weight is 301 g/mol. The maximum Gasteiger partial charge on any atom is 0.269 e. The first-order chi connectivity index (χ1) is 10.6. The topological polar surface area (TPSA) is 94.4 Å². The van der Waals surface area contributed by atoms with Gasteiger partial charge < -0.3 is 10.1 Å². The minimum atomic E-state index is -0.492. The monoisotopic (exact) mass is 301 g/mol. The van der Waals surface area contributed by atoms with E-state index in [0.717, 1.165) is 5.69 Å². The summed E-state index contributed by atoms with van der Waals surface area (Å²) in [6.45, 7) is 0.333. The van der Waals surface area contributed by atoms with Gasteiger partial charge in [0.15, 0.2) is 6.61 Å². The smallest absolute Gasteiger partial charge is 0.269 e. The molecule has 7 heteroatoms. The Kier molecular flexibility index (Phi) is 5.42. The van der Waals surface area contributed by atoms with Gasteiger partial charge in [-0.25, -0.2) is 0 Å². The highest BCUT2D eigenvalue weighted by Gasteiger charge is 2.06. The fourth-order valence-corrected chi connectivity index (χ4v) is 1.74. The van der Waals surface area contributed by atoms with Crippen molar-refractivity contribution in [2.45, 2.75) is 6.42 Å². The molecule has 114 valence electrons. The first-order valence-corrected chi connectivity index (χ1v) is 6.69. The van der Waals surface area contributed by atoms with Gasteiger partial charge in [0.05, 0.1) is 4.92 Å². The lowest BCUT2D eigenvalue weighted by molar-refractivity contribution is -0.384. The van der Waals surface area contributed by atoms with Crippen LogP contribution in [-0.2, 0) is 11.2 Å². The van der Waals surface area contributed by atoms with Crippen LogP contribution < -0.4 is 10.1 Å². The Bertz CT molecular complexity index is 629. The Morgan fingerprint density at radius 1 is 1.23 bits per heavy atom. The molecular weight excluding hydrogens is 286 g/mol. The maximum atomic E-state index is 11.6. The number of hydrogen-bond acceptors (Lipinski definition) is 5. The third-order valence-corrected chi connectivity index (χ3v) is 2.85. The molecule has 0 unspecified atom stereocenters. The molecule has 0 saturated heterocycles. The lowest BCUT2D eigenvalue weighted by atomic mass is 10.3. The highest BCUT2D eigenvalue weighted by Crippen LogP contribution is 2.16. The van der Waals surface area contributed by atoms with Crippen LogP contribution in [0.25, 0.3) is 0 Å². The molecule has 1 aromatic carbocycles. The van der Waals surface area contributed by atoms with E-state index in [1.807, 2.05) is 18.2 Å². The first-order valence-electron chi connectivity index (χ1n) is 6.69. The average Bonchev–Trinajstić information content (AvgIpc) is 2.54. The number of non-ortho nitro benzene ring substituents is 1.